The number of rotatable bonds is 15. The van der Waals surface area contributed by atoms with Gasteiger partial charge in [-0.25, -0.2) is 0 Å². The third-order valence-electron chi connectivity index (χ3n) is 3.75. The zero-order valence-electron chi connectivity index (χ0n) is 14.6. The summed E-state index contributed by atoms with van der Waals surface area (Å²) in [5.41, 5.74) is 0. The predicted molar refractivity (Wildman–Crippen MR) is 93.7 cm³/mol. The summed E-state index contributed by atoms with van der Waals surface area (Å²) in [7, 11) is 2.06. The molecule has 0 bridgehead atoms. The molecule has 0 fully saturated rings. The van der Waals surface area contributed by atoms with Gasteiger partial charge in [-0.3, -0.25) is 9.69 Å². The highest BCUT2D eigenvalue weighted by atomic mass is 16.2. The molecule has 0 aliphatic rings. The van der Waals surface area contributed by atoms with Crippen LogP contribution >= 0.6 is 0 Å². The first-order chi connectivity index (χ1) is 10.7. The minimum Gasteiger partial charge on any atom is -0.396 e. The molecular weight excluding hydrogens is 276 g/mol. The van der Waals surface area contributed by atoms with Gasteiger partial charge >= 0.3 is 0 Å². The largest absolute Gasteiger partial charge is 0.396 e. The van der Waals surface area contributed by atoms with Crippen LogP contribution in [0.4, 0.5) is 0 Å². The van der Waals surface area contributed by atoms with E-state index in [1.165, 1.54) is 32.1 Å². The third-order valence-corrected chi connectivity index (χ3v) is 3.75. The number of nitrogens with one attached hydrogen (secondary N) is 1. The number of hydrogen-bond acceptors (Lipinski definition) is 3. The van der Waals surface area contributed by atoms with E-state index in [1.807, 2.05) is 13.0 Å². The SMILES string of the molecule is C/C=C/CCCC(=O)NCN(C)CCCCCCCCCO. The standard InChI is InChI=1S/C18H36N2O2/c1-3-4-5-11-14-18(22)19-17-20(2)15-12-9-7-6-8-10-13-16-21/h3-4,21H,5-17H2,1-2H3,(H,19,22)/b4-3+. The first-order valence-corrected chi connectivity index (χ1v) is 8.88. The van der Waals surface area contributed by atoms with Gasteiger partial charge in [0.05, 0.1) is 6.67 Å². The van der Waals surface area contributed by atoms with Crippen LogP contribution in [0, 0.1) is 0 Å². The average molecular weight is 312 g/mol. The van der Waals surface area contributed by atoms with Crippen LogP contribution in [0.25, 0.3) is 0 Å². The van der Waals surface area contributed by atoms with Crippen molar-refractivity contribution in [1.82, 2.24) is 10.2 Å². The molecule has 0 spiro atoms. The zero-order chi connectivity index (χ0) is 16.5. The predicted octanol–water partition coefficient (Wildman–Crippen LogP) is 3.46. The highest BCUT2D eigenvalue weighted by Crippen LogP contribution is 2.07. The Bertz CT molecular complexity index is 280. The molecule has 0 aromatic heterocycles. The van der Waals surface area contributed by atoms with E-state index in [2.05, 4.69) is 23.3 Å². The number of aliphatic hydroxyl groups excluding tert-OH is 1. The van der Waals surface area contributed by atoms with Crippen LogP contribution in [0.2, 0.25) is 0 Å². The van der Waals surface area contributed by atoms with Crippen molar-refractivity contribution in [2.45, 2.75) is 71.1 Å². The van der Waals surface area contributed by atoms with Gasteiger partial charge in [0.15, 0.2) is 0 Å². The number of carbonyl (C=O) groups is 1. The summed E-state index contributed by atoms with van der Waals surface area (Å²) in [6.07, 6.45) is 15.0. The molecule has 0 aromatic rings. The summed E-state index contributed by atoms with van der Waals surface area (Å²) in [5.74, 6) is 0.153. The molecular formula is C18H36N2O2. The van der Waals surface area contributed by atoms with E-state index in [9.17, 15) is 4.79 Å². The zero-order valence-corrected chi connectivity index (χ0v) is 14.6. The molecule has 4 nitrogen and oxygen atoms in total. The Balaban J connectivity index is 3.34. The summed E-state index contributed by atoms with van der Waals surface area (Å²) in [6.45, 7) is 4.02. The van der Waals surface area contributed by atoms with Crippen molar-refractivity contribution >= 4 is 5.91 Å². The molecule has 0 aromatic carbocycles. The number of hydrogen-bond donors (Lipinski definition) is 2. The molecule has 2 N–H and O–H groups in total. The van der Waals surface area contributed by atoms with Crippen molar-refractivity contribution in [2.24, 2.45) is 0 Å². The lowest BCUT2D eigenvalue weighted by molar-refractivity contribution is -0.121. The van der Waals surface area contributed by atoms with Crippen molar-refractivity contribution in [3.8, 4) is 0 Å². The van der Waals surface area contributed by atoms with Crippen molar-refractivity contribution in [1.29, 1.82) is 0 Å². The maximum atomic E-state index is 11.6. The summed E-state index contributed by atoms with van der Waals surface area (Å²) >= 11 is 0. The lowest BCUT2D eigenvalue weighted by Crippen LogP contribution is -2.35. The first-order valence-electron chi connectivity index (χ1n) is 8.88. The number of allylic oxidation sites excluding steroid dienone is 2. The van der Waals surface area contributed by atoms with Crippen LogP contribution in [0.1, 0.15) is 71.1 Å². The molecule has 4 heteroatoms. The fourth-order valence-corrected chi connectivity index (χ4v) is 2.32. The smallest absolute Gasteiger partial charge is 0.221 e. The molecule has 0 saturated carbocycles. The van der Waals surface area contributed by atoms with Crippen molar-refractivity contribution in [3.63, 3.8) is 0 Å². The second-order valence-electron chi connectivity index (χ2n) is 6.00. The van der Waals surface area contributed by atoms with Gasteiger partial charge in [-0.1, -0.05) is 44.3 Å². The van der Waals surface area contributed by atoms with E-state index in [4.69, 9.17) is 5.11 Å². The van der Waals surface area contributed by atoms with Crippen LogP contribution in [-0.4, -0.2) is 42.8 Å². The molecule has 0 heterocycles. The van der Waals surface area contributed by atoms with Gasteiger partial charge in [0, 0.05) is 13.0 Å². The van der Waals surface area contributed by atoms with Crippen LogP contribution < -0.4 is 5.32 Å². The Morgan fingerprint density at radius 2 is 1.68 bits per heavy atom. The van der Waals surface area contributed by atoms with Crippen LogP contribution in [0.3, 0.4) is 0 Å². The van der Waals surface area contributed by atoms with E-state index >= 15 is 0 Å². The lowest BCUT2D eigenvalue weighted by Gasteiger charge is -2.17. The molecule has 0 atom stereocenters. The summed E-state index contributed by atoms with van der Waals surface area (Å²) in [4.78, 5) is 13.8. The highest BCUT2D eigenvalue weighted by molar-refractivity contribution is 5.75. The van der Waals surface area contributed by atoms with E-state index < -0.39 is 0 Å². The fourth-order valence-electron chi connectivity index (χ4n) is 2.32. The second kappa shape index (κ2) is 16.5. The fraction of sp³-hybridized carbons (Fsp3) is 0.833. The minimum absolute atomic E-state index is 0.153. The molecule has 0 radical (unpaired) electrons. The number of amides is 1. The summed E-state index contributed by atoms with van der Waals surface area (Å²) in [6, 6.07) is 0. The van der Waals surface area contributed by atoms with Gasteiger partial charge in [0.25, 0.3) is 0 Å². The van der Waals surface area contributed by atoms with Gasteiger partial charge in [-0.05, 0) is 46.2 Å². The highest BCUT2D eigenvalue weighted by Gasteiger charge is 2.02. The molecule has 130 valence electrons. The van der Waals surface area contributed by atoms with Gasteiger partial charge in [0.2, 0.25) is 5.91 Å². The van der Waals surface area contributed by atoms with E-state index in [0.717, 1.165) is 32.2 Å². The maximum absolute atomic E-state index is 11.6. The molecule has 0 aliphatic heterocycles. The first kappa shape index (κ1) is 21.1. The van der Waals surface area contributed by atoms with E-state index in [1.54, 1.807) is 0 Å². The van der Waals surface area contributed by atoms with Crippen LogP contribution in [0.15, 0.2) is 12.2 Å². The Labute approximate surface area is 137 Å². The number of nitrogens with zero attached hydrogens (tertiary/aromatic N) is 1. The Morgan fingerprint density at radius 1 is 1.05 bits per heavy atom. The Kier molecular flexibility index (Phi) is 15.8. The number of carbonyl (C=O) groups excluding carboxylic acids is 1. The minimum atomic E-state index is 0.153. The molecule has 0 saturated heterocycles. The van der Waals surface area contributed by atoms with E-state index in [-0.39, 0.29) is 5.91 Å². The second-order valence-corrected chi connectivity index (χ2v) is 6.00. The van der Waals surface area contributed by atoms with Crippen molar-refractivity contribution in [2.75, 3.05) is 26.9 Å². The van der Waals surface area contributed by atoms with Crippen molar-refractivity contribution < 1.29 is 9.90 Å². The van der Waals surface area contributed by atoms with Crippen LogP contribution in [-0.2, 0) is 4.79 Å². The normalized spacial score (nSPS) is 11.5. The third kappa shape index (κ3) is 15.5. The molecule has 0 rings (SSSR count). The van der Waals surface area contributed by atoms with Crippen LogP contribution in [0.5, 0.6) is 0 Å². The number of unbranched alkanes of at least 4 members (excludes halogenated alkanes) is 7. The Hall–Kier alpha value is -0.870. The van der Waals surface area contributed by atoms with Gasteiger partial charge in [-0.15, -0.1) is 0 Å². The van der Waals surface area contributed by atoms with Gasteiger partial charge < -0.3 is 10.4 Å². The molecule has 0 aliphatic carbocycles. The molecule has 22 heavy (non-hydrogen) atoms. The summed E-state index contributed by atoms with van der Waals surface area (Å²) < 4.78 is 0. The molecule has 1 amide bonds. The van der Waals surface area contributed by atoms with Gasteiger partial charge in [0.1, 0.15) is 0 Å². The molecule has 0 unspecified atom stereocenters. The lowest BCUT2D eigenvalue weighted by atomic mass is 10.1. The monoisotopic (exact) mass is 312 g/mol. The Morgan fingerprint density at radius 3 is 2.32 bits per heavy atom. The quantitative estimate of drug-likeness (QED) is 0.277. The number of aliphatic hydroxyl groups is 1. The van der Waals surface area contributed by atoms with E-state index in [0.29, 0.717) is 19.7 Å². The maximum Gasteiger partial charge on any atom is 0.221 e. The van der Waals surface area contributed by atoms with Gasteiger partial charge in [-0.2, -0.15) is 0 Å². The topological polar surface area (TPSA) is 52.6 Å². The van der Waals surface area contributed by atoms with Crippen molar-refractivity contribution in [3.05, 3.63) is 12.2 Å². The summed E-state index contributed by atoms with van der Waals surface area (Å²) in [5, 5.41) is 11.7. The average Bonchev–Trinajstić information content (AvgIpc) is 2.52.